The van der Waals surface area contributed by atoms with Gasteiger partial charge in [-0.15, -0.1) is 0 Å². The molecule has 0 aromatic heterocycles. The molecule has 3 rings (SSSR count). The number of hydrogen-bond donors (Lipinski definition) is 1. The fraction of sp³-hybridized carbons (Fsp3) is 0.333. The molecule has 0 saturated carbocycles. The van der Waals surface area contributed by atoms with E-state index in [0.717, 1.165) is 12.4 Å². The monoisotopic (exact) mass is 227 g/mol. The van der Waals surface area contributed by atoms with E-state index in [2.05, 4.69) is 55.6 Å². The Morgan fingerprint density at radius 3 is 2.82 bits per heavy atom. The quantitative estimate of drug-likeness (QED) is 0.850. The highest BCUT2D eigenvalue weighted by Crippen LogP contribution is 2.38. The lowest BCUT2D eigenvalue weighted by molar-refractivity contribution is 0.305. The lowest BCUT2D eigenvalue weighted by atomic mass is 10.0. The van der Waals surface area contributed by atoms with Crippen LogP contribution in [0.4, 0.5) is 0 Å². The minimum Gasteiger partial charge on any atom is -0.491 e. The van der Waals surface area contributed by atoms with Crippen molar-refractivity contribution in [1.29, 1.82) is 0 Å². The predicted octanol–water partition coefficient (Wildman–Crippen LogP) is 3.27. The lowest BCUT2D eigenvalue weighted by Crippen LogP contribution is -2.28. The second kappa shape index (κ2) is 4.04. The zero-order chi connectivity index (χ0) is 11.8. The van der Waals surface area contributed by atoms with E-state index in [9.17, 15) is 0 Å². The van der Waals surface area contributed by atoms with Crippen LogP contribution >= 0.6 is 0 Å². The first kappa shape index (κ1) is 10.6. The average molecular weight is 227 g/mol. The summed E-state index contributed by atoms with van der Waals surface area (Å²) in [5, 5.41) is 6.00. The Morgan fingerprint density at radius 2 is 2.00 bits per heavy atom. The van der Waals surface area contributed by atoms with Gasteiger partial charge < -0.3 is 10.1 Å². The van der Waals surface area contributed by atoms with Crippen LogP contribution in [0.2, 0.25) is 0 Å². The molecule has 2 aromatic rings. The minimum atomic E-state index is 0.328. The lowest BCUT2D eigenvalue weighted by Gasteiger charge is -2.14. The van der Waals surface area contributed by atoms with E-state index in [-0.39, 0.29) is 0 Å². The van der Waals surface area contributed by atoms with Crippen molar-refractivity contribution in [2.45, 2.75) is 25.9 Å². The largest absolute Gasteiger partial charge is 0.491 e. The fourth-order valence-corrected chi connectivity index (χ4v) is 2.49. The molecule has 0 amide bonds. The summed E-state index contributed by atoms with van der Waals surface area (Å²) < 4.78 is 5.86. The Balaban J connectivity index is 2.08. The predicted molar refractivity (Wildman–Crippen MR) is 70.5 cm³/mol. The van der Waals surface area contributed by atoms with Gasteiger partial charge in [-0.3, -0.25) is 0 Å². The molecule has 1 aliphatic rings. The van der Waals surface area contributed by atoms with Crippen LogP contribution in [0.25, 0.3) is 10.8 Å². The zero-order valence-electron chi connectivity index (χ0n) is 10.2. The second-order valence-electron chi connectivity index (χ2n) is 4.89. The van der Waals surface area contributed by atoms with Crippen molar-refractivity contribution in [3.8, 4) is 5.75 Å². The highest BCUT2D eigenvalue weighted by molar-refractivity contribution is 5.90. The normalized spacial score (nSPS) is 18.4. The van der Waals surface area contributed by atoms with Crippen molar-refractivity contribution in [3.63, 3.8) is 0 Å². The third-order valence-corrected chi connectivity index (χ3v) is 3.21. The van der Waals surface area contributed by atoms with Crippen molar-refractivity contribution in [2.75, 3.05) is 6.61 Å². The van der Waals surface area contributed by atoms with Gasteiger partial charge in [-0.1, -0.05) is 50.2 Å². The molecule has 0 fully saturated rings. The van der Waals surface area contributed by atoms with Crippen molar-refractivity contribution < 1.29 is 4.74 Å². The molecule has 17 heavy (non-hydrogen) atoms. The van der Waals surface area contributed by atoms with Crippen LogP contribution < -0.4 is 10.1 Å². The summed E-state index contributed by atoms with van der Waals surface area (Å²) in [6.45, 7) is 5.07. The molecule has 0 saturated heterocycles. The topological polar surface area (TPSA) is 21.3 Å². The summed E-state index contributed by atoms with van der Waals surface area (Å²) in [4.78, 5) is 0. The highest BCUT2D eigenvalue weighted by Gasteiger charge is 2.25. The van der Waals surface area contributed by atoms with E-state index in [1.165, 1.54) is 16.3 Å². The van der Waals surface area contributed by atoms with Crippen molar-refractivity contribution >= 4 is 10.8 Å². The van der Waals surface area contributed by atoms with Crippen LogP contribution in [-0.4, -0.2) is 12.6 Å². The number of ether oxygens (including phenoxy) is 1. The SMILES string of the molecule is CC(C)NC1COc2c1ccc1ccccc21. The first-order valence-corrected chi connectivity index (χ1v) is 6.16. The molecular formula is C15H17NO. The van der Waals surface area contributed by atoms with Crippen molar-refractivity contribution in [2.24, 2.45) is 0 Å². The number of rotatable bonds is 2. The number of nitrogens with one attached hydrogen (secondary N) is 1. The van der Waals surface area contributed by atoms with E-state index in [1.54, 1.807) is 0 Å². The summed E-state index contributed by atoms with van der Waals surface area (Å²) in [5.41, 5.74) is 1.29. The molecule has 88 valence electrons. The molecule has 1 atom stereocenters. The van der Waals surface area contributed by atoms with E-state index >= 15 is 0 Å². The summed E-state index contributed by atoms with van der Waals surface area (Å²) in [6.07, 6.45) is 0. The van der Waals surface area contributed by atoms with Crippen LogP contribution in [0.15, 0.2) is 36.4 Å². The van der Waals surface area contributed by atoms with Gasteiger partial charge in [-0.25, -0.2) is 0 Å². The molecule has 2 nitrogen and oxygen atoms in total. The molecule has 0 radical (unpaired) electrons. The molecule has 1 heterocycles. The maximum absolute atomic E-state index is 5.86. The summed E-state index contributed by atoms with van der Waals surface area (Å²) in [7, 11) is 0. The number of hydrogen-bond acceptors (Lipinski definition) is 2. The van der Waals surface area contributed by atoms with Crippen LogP contribution in [0.5, 0.6) is 5.75 Å². The first-order valence-electron chi connectivity index (χ1n) is 6.16. The molecular weight excluding hydrogens is 210 g/mol. The first-order chi connectivity index (χ1) is 8.25. The van der Waals surface area contributed by atoms with Gasteiger partial charge in [0.05, 0.1) is 6.04 Å². The van der Waals surface area contributed by atoms with Gasteiger partial charge in [0.1, 0.15) is 12.4 Å². The van der Waals surface area contributed by atoms with Gasteiger partial charge >= 0.3 is 0 Å². The molecule has 0 bridgehead atoms. The molecule has 1 aliphatic heterocycles. The average Bonchev–Trinajstić information content (AvgIpc) is 2.72. The van der Waals surface area contributed by atoms with Crippen LogP contribution in [0, 0.1) is 0 Å². The maximum atomic E-state index is 5.86. The highest BCUT2D eigenvalue weighted by atomic mass is 16.5. The Hall–Kier alpha value is -1.54. The third kappa shape index (κ3) is 1.79. The Morgan fingerprint density at radius 1 is 1.18 bits per heavy atom. The number of benzene rings is 2. The third-order valence-electron chi connectivity index (χ3n) is 3.21. The van der Waals surface area contributed by atoms with Gasteiger partial charge in [0, 0.05) is 17.0 Å². The molecule has 2 aromatic carbocycles. The molecule has 1 N–H and O–H groups in total. The van der Waals surface area contributed by atoms with Gasteiger partial charge in [0.2, 0.25) is 0 Å². The van der Waals surface area contributed by atoms with Gasteiger partial charge in [0.15, 0.2) is 0 Å². The van der Waals surface area contributed by atoms with Crippen LogP contribution in [-0.2, 0) is 0 Å². The summed E-state index contributed by atoms with van der Waals surface area (Å²) in [5.74, 6) is 1.06. The van der Waals surface area contributed by atoms with E-state index < -0.39 is 0 Å². The molecule has 0 spiro atoms. The van der Waals surface area contributed by atoms with Gasteiger partial charge in [0.25, 0.3) is 0 Å². The molecule has 2 heteroatoms. The minimum absolute atomic E-state index is 0.328. The second-order valence-corrected chi connectivity index (χ2v) is 4.89. The van der Waals surface area contributed by atoms with E-state index in [1.807, 2.05) is 0 Å². The maximum Gasteiger partial charge on any atom is 0.132 e. The Kier molecular flexibility index (Phi) is 2.52. The number of fused-ring (bicyclic) bond motifs is 3. The molecule has 1 unspecified atom stereocenters. The Bertz CT molecular complexity index is 548. The Labute approximate surface area is 102 Å². The van der Waals surface area contributed by atoms with Gasteiger partial charge in [-0.2, -0.15) is 0 Å². The fourth-order valence-electron chi connectivity index (χ4n) is 2.49. The smallest absolute Gasteiger partial charge is 0.132 e. The van der Waals surface area contributed by atoms with E-state index in [4.69, 9.17) is 4.74 Å². The standard InChI is InChI=1S/C15H17NO/c1-10(2)16-14-9-17-15-12-6-4-3-5-11(12)7-8-13(14)15/h3-8,10,14,16H,9H2,1-2H3. The van der Waals surface area contributed by atoms with Gasteiger partial charge in [-0.05, 0) is 5.39 Å². The van der Waals surface area contributed by atoms with Crippen molar-refractivity contribution in [3.05, 3.63) is 42.0 Å². The zero-order valence-corrected chi connectivity index (χ0v) is 10.2. The van der Waals surface area contributed by atoms with Crippen LogP contribution in [0.1, 0.15) is 25.5 Å². The molecule has 0 aliphatic carbocycles. The van der Waals surface area contributed by atoms with Crippen molar-refractivity contribution in [1.82, 2.24) is 5.32 Å². The van der Waals surface area contributed by atoms with Crippen LogP contribution in [0.3, 0.4) is 0 Å². The van der Waals surface area contributed by atoms with E-state index in [0.29, 0.717) is 12.1 Å². The summed E-state index contributed by atoms with van der Waals surface area (Å²) in [6, 6.07) is 13.6. The summed E-state index contributed by atoms with van der Waals surface area (Å²) >= 11 is 0.